The highest BCUT2D eigenvalue weighted by Gasteiger charge is 2.18. The second kappa shape index (κ2) is 77.5. The molecule has 0 heterocycles. The van der Waals surface area contributed by atoms with E-state index in [4.69, 9.17) is 4.74 Å². The third-order valence-electron chi connectivity index (χ3n) is 18.9. The molecule has 0 saturated heterocycles. The first-order valence-corrected chi connectivity index (χ1v) is 40.3. The summed E-state index contributed by atoms with van der Waals surface area (Å²) in [4.78, 5) is 24.7. The van der Waals surface area contributed by atoms with Crippen molar-refractivity contribution in [3.05, 3.63) is 36.5 Å². The van der Waals surface area contributed by atoms with Gasteiger partial charge in [-0.05, 0) is 64.2 Å². The molecular weight excluding hydrogens is 1080 g/mol. The minimum absolute atomic E-state index is 0.0166. The number of hydrogen-bond donors (Lipinski definition) is 3. The van der Waals surface area contributed by atoms with Crippen LogP contribution in [-0.4, -0.2) is 47.4 Å². The van der Waals surface area contributed by atoms with Crippen LogP contribution >= 0.6 is 0 Å². The van der Waals surface area contributed by atoms with E-state index in [-0.39, 0.29) is 18.5 Å². The number of hydrogen-bond acceptors (Lipinski definition) is 5. The summed E-state index contributed by atoms with van der Waals surface area (Å²) in [6, 6.07) is -0.631. The molecule has 6 heteroatoms. The van der Waals surface area contributed by atoms with E-state index in [0.717, 1.165) is 44.9 Å². The van der Waals surface area contributed by atoms with Crippen molar-refractivity contribution in [2.24, 2.45) is 0 Å². The molecule has 0 fully saturated rings. The third-order valence-corrected chi connectivity index (χ3v) is 18.9. The van der Waals surface area contributed by atoms with Gasteiger partial charge >= 0.3 is 5.97 Å². The summed E-state index contributed by atoms with van der Waals surface area (Å²) < 4.78 is 5.51. The second-order valence-corrected chi connectivity index (χ2v) is 27.8. The van der Waals surface area contributed by atoms with Gasteiger partial charge in [-0.3, -0.25) is 9.59 Å². The fourth-order valence-electron chi connectivity index (χ4n) is 12.8. The predicted molar refractivity (Wildman–Crippen MR) is 389 cm³/mol. The van der Waals surface area contributed by atoms with E-state index in [1.165, 1.54) is 379 Å². The van der Waals surface area contributed by atoms with Gasteiger partial charge in [0.1, 0.15) is 0 Å². The number of esters is 1. The number of amides is 1. The van der Waals surface area contributed by atoms with Crippen molar-refractivity contribution in [1.29, 1.82) is 0 Å². The standard InChI is InChI=1S/C82H157NO5/c1-3-5-7-9-11-13-15-17-19-21-22-23-24-30-33-36-39-43-46-50-54-58-62-66-70-74-80(85)79(78-84)83-81(86)75-71-67-63-59-55-51-47-44-40-37-34-31-28-26-25-27-29-32-35-38-41-45-49-53-57-61-65-69-73-77-88-82(87)76-72-68-64-60-56-52-48-42-20-18-16-14-12-10-8-6-4-2/h25,27,32,35,70,74,79-80,84-85H,3-24,26,28-31,33-34,36-69,71-73,75-78H2,1-2H3,(H,83,86)/b27-25-,35-32-,74-70+. The zero-order chi connectivity index (χ0) is 63.5. The van der Waals surface area contributed by atoms with Crippen molar-refractivity contribution in [2.75, 3.05) is 13.2 Å². The van der Waals surface area contributed by atoms with Crippen molar-refractivity contribution >= 4 is 11.9 Å². The first-order chi connectivity index (χ1) is 43.5. The average molecular weight is 1240 g/mol. The Hall–Kier alpha value is -1.92. The summed E-state index contributed by atoms with van der Waals surface area (Å²) in [5, 5.41) is 23.3. The fraction of sp³-hybridized carbons (Fsp3) is 0.902. The normalized spacial score (nSPS) is 12.6. The minimum atomic E-state index is -0.847. The van der Waals surface area contributed by atoms with Gasteiger partial charge in [-0.2, -0.15) is 0 Å². The Kier molecular flexibility index (Phi) is 75.8. The Balaban J connectivity index is 3.41. The fourth-order valence-corrected chi connectivity index (χ4v) is 12.8. The van der Waals surface area contributed by atoms with Crippen molar-refractivity contribution in [3.8, 4) is 0 Å². The largest absolute Gasteiger partial charge is 0.466 e. The number of rotatable bonds is 76. The molecule has 88 heavy (non-hydrogen) atoms. The van der Waals surface area contributed by atoms with Crippen LogP contribution in [-0.2, 0) is 14.3 Å². The molecule has 1 amide bonds. The zero-order valence-electron chi connectivity index (χ0n) is 59.7. The van der Waals surface area contributed by atoms with Crippen LogP contribution in [0.15, 0.2) is 36.5 Å². The minimum Gasteiger partial charge on any atom is -0.466 e. The Morgan fingerprint density at radius 1 is 0.318 bits per heavy atom. The number of unbranched alkanes of at least 4 members (excludes halogenated alkanes) is 61. The van der Waals surface area contributed by atoms with Crippen molar-refractivity contribution < 1.29 is 24.5 Å². The Labute approximate surface area is 551 Å². The second-order valence-electron chi connectivity index (χ2n) is 27.8. The highest BCUT2D eigenvalue weighted by molar-refractivity contribution is 5.76. The van der Waals surface area contributed by atoms with Crippen molar-refractivity contribution in [2.45, 2.75) is 463 Å². The molecule has 0 aliphatic carbocycles. The number of nitrogens with one attached hydrogen (secondary N) is 1. The van der Waals surface area contributed by atoms with E-state index in [1.54, 1.807) is 6.08 Å². The maximum atomic E-state index is 12.6. The van der Waals surface area contributed by atoms with Gasteiger partial charge in [0.15, 0.2) is 0 Å². The maximum Gasteiger partial charge on any atom is 0.305 e. The van der Waals surface area contributed by atoms with Gasteiger partial charge in [0.25, 0.3) is 0 Å². The van der Waals surface area contributed by atoms with E-state index >= 15 is 0 Å². The summed E-state index contributed by atoms with van der Waals surface area (Å²) in [5.74, 6) is -0.0474. The average Bonchev–Trinajstić information content (AvgIpc) is 3.58. The number of ether oxygens (including phenoxy) is 1. The SMILES string of the molecule is CCCCCCCCCCCCCCCCCCCCCCCCC/C=C/C(O)C(CO)NC(=O)CCCCCCCCCCCCCCC/C=C\C/C=C\CCCCCCCCCCCOC(=O)CCCCCCCCCCCCCCCCCCC. The van der Waals surface area contributed by atoms with Gasteiger partial charge in [0.2, 0.25) is 5.91 Å². The molecule has 520 valence electrons. The molecule has 0 aliphatic rings. The number of aliphatic hydroxyl groups is 2. The molecular formula is C82H157NO5. The highest BCUT2D eigenvalue weighted by Crippen LogP contribution is 2.20. The Morgan fingerprint density at radius 2 is 0.568 bits per heavy atom. The van der Waals surface area contributed by atoms with E-state index in [0.29, 0.717) is 19.4 Å². The molecule has 0 aromatic heterocycles. The van der Waals surface area contributed by atoms with E-state index in [2.05, 4.69) is 43.5 Å². The summed E-state index contributed by atoms with van der Waals surface area (Å²) in [6.45, 7) is 4.96. The lowest BCUT2D eigenvalue weighted by Gasteiger charge is -2.20. The molecule has 0 aromatic rings. The third kappa shape index (κ3) is 73.1. The number of allylic oxidation sites excluding steroid dienone is 5. The van der Waals surface area contributed by atoms with Crippen LogP contribution in [0.5, 0.6) is 0 Å². The van der Waals surface area contributed by atoms with Gasteiger partial charge in [-0.25, -0.2) is 0 Å². The molecule has 0 bridgehead atoms. The van der Waals surface area contributed by atoms with Gasteiger partial charge in [-0.1, -0.05) is 410 Å². The van der Waals surface area contributed by atoms with Crippen molar-refractivity contribution in [1.82, 2.24) is 5.32 Å². The summed E-state index contributed by atoms with van der Waals surface area (Å²) >= 11 is 0. The van der Waals surface area contributed by atoms with E-state index in [1.807, 2.05) is 6.08 Å². The summed E-state index contributed by atoms with van der Waals surface area (Å²) in [5.41, 5.74) is 0. The van der Waals surface area contributed by atoms with Crippen LogP contribution in [0.3, 0.4) is 0 Å². The topological polar surface area (TPSA) is 95.9 Å². The van der Waals surface area contributed by atoms with E-state index < -0.39 is 12.1 Å². The van der Waals surface area contributed by atoms with Crippen LogP contribution in [0.1, 0.15) is 450 Å². The Bertz CT molecular complexity index is 1430. The molecule has 0 saturated carbocycles. The van der Waals surface area contributed by atoms with Crippen LogP contribution in [0.2, 0.25) is 0 Å². The molecule has 3 N–H and O–H groups in total. The van der Waals surface area contributed by atoms with E-state index in [9.17, 15) is 19.8 Å². The molecule has 0 aliphatic heterocycles. The molecule has 0 spiro atoms. The lowest BCUT2D eigenvalue weighted by molar-refractivity contribution is -0.143. The smallest absolute Gasteiger partial charge is 0.305 e. The van der Waals surface area contributed by atoms with Gasteiger partial charge in [0, 0.05) is 12.8 Å². The number of aliphatic hydroxyl groups excluding tert-OH is 2. The zero-order valence-corrected chi connectivity index (χ0v) is 59.7. The molecule has 2 unspecified atom stereocenters. The van der Waals surface area contributed by atoms with Crippen LogP contribution in [0.4, 0.5) is 0 Å². The maximum absolute atomic E-state index is 12.6. The summed E-state index contributed by atoms with van der Waals surface area (Å²) in [6.07, 6.45) is 101. The lowest BCUT2D eigenvalue weighted by Crippen LogP contribution is -2.45. The quantitative estimate of drug-likeness (QED) is 0.0320. The molecule has 6 nitrogen and oxygen atoms in total. The predicted octanol–water partition coefficient (Wildman–Crippen LogP) is 26.6. The lowest BCUT2D eigenvalue weighted by atomic mass is 10.0. The van der Waals surface area contributed by atoms with Crippen LogP contribution in [0, 0.1) is 0 Å². The molecule has 0 radical (unpaired) electrons. The number of carbonyl (C=O) groups excluding carboxylic acids is 2. The van der Waals surface area contributed by atoms with Gasteiger partial charge in [-0.15, -0.1) is 0 Å². The first kappa shape index (κ1) is 86.1. The van der Waals surface area contributed by atoms with Gasteiger partial charge < -0.3 is 20.3 Å². The molecule has 0 rings (SSSR count). The van der Waals surface area contributed by atoms with Gasteiger partial charge in [0.05, 0.1) is 25.4 Å². The summed E-state index contributed by atoms with van der Waals surface area (Å²) in [7, 11) is 0. The Morgan fingerprint density at radius 3 is 0.864 bits per heavy atom. The van der Waals surface area contributed by atoms with Crippen LogP contribution < -0.4 is 5.32 Å². The molecule has 0 aromatic carbocycles. The highest BCUT2D eigenvalue weighted by atomic mass is 16.5. The molecule has 2 atom stereocenters. The first-order valence-electron chi connectivity index (χ1n) is 40.3. The van der Waals surface area contributed by atoms with Crippen molar-refractivity contribution in [3.63, 3.8) is 0 Å². The monoisotopic (exact) mass is 1240 g/mol. The van der Waals surface area contributed by atoms with Crippen LogP contribution in [0.25, 0.3) is 0 Å². The number of carbonyl (C=O) groups is 2.